The Hall–Kier alpha value is -2.08. The summed E-state index contributed by atoms with van der Waals surface area (Å²) >= 11 is 0. The normalized spacial score (nSPS) is 17.8. The molecule has 0 radical (unpaired) electrons. The van der Waals surface area contributed by atoms with Gasteiger partial charge in [-0.3, -0.25) is 0 Å². The van der Waals surface area contributed by atoms with Gasteiger partial charge in [0.05, 0.1) is 0 Å². The van der Waals surface area contributed by atoms with E-state index in [1.165, 1.54) is 71.9 Å². The molecule has 0 heteroatoms. The maximum Gasteiger partial charge on any atom is 0.0105 e. The third kappa shape index (κ3) is 3.88. The van der Waals surface area contributed by atoms with Crippen LogP contribution in [0.5, 0.6) is 0 Å². The fourth-order valence-corrected chi connectivity index (χ4v) is 5.61. The van der Waals surface area contributed by atoms with Crippen molar-refractivity contribution in [2.24, 2.45) is 11.8 Å². The molecule has 0 N–H and O–H groups in total. The monoisotopic (exact) mass is 370 g/mol. The van der Waals surface area contributed by atoms with Gasteiger partial charge >= 0.3 is 0 Å². The van der Waals surface area contributed by atoms with Crippen LogP contribution >= 0.6 is 0 Å². The Kier molecular flexibility index (Phi) is 5.85. The molecule has 0 spiro atoms. The van der Waals surface area contributed by atoms with E-state index < -0.39 is 0 Å². The Balaban J connectivity index is 1.44. The SMILES string of the molecule is C=C(CCC1c2ccccc2-c2ccccc21)CC(C(=C)C)C1CCCCC1. The summed E-state index contributed by atoms with van der Waals surface area (Å²) in [7, 11) is 0. The first kappa shape index (κ1) is 19.2. The van der Waals surface area contributed by atoms with Gasteiger partial charge in [-0.15, -0.1) is 0 Å². The van der Waals surface area contributed by atoms with Crippen molar-refractivity contribution in [2.75, 3.05) is 0 Å². The second-order valence-electron chi connectivity index (χ2n) is 9.07. The van der Waals surface area contributed by atoms with Gasteiger partial charge in [0.15, 0.2) is 0 Å². The molecule has 4 rings (SSSR count). The van der Waals surface area contributed by atoms with Crippen molar-refractivity contribution in [3.63, 3.8) is 0 Å². The average molecular weight is 371 g/mol. The molecule has 0 nitrogen and oxygen atoms in total. The van der Waals surface area contributed by atoms with Crippen molar-refractivity contribution in [3.8, 4) is 11.1 Å². The Labute approximate surface area is 171 Å². The predicted octanol–water partition coefficient (Wildman–Crippen LogP) is 8.30. The summed E-state index contributed by atoms with van der Waals surface area (Å²) in [6.07, 6.45) is 10.4. The first-order valence-corrected chi connectivity index (χ1v) is 11.2. The average Bonchev–Trinajstić information content (AvgIpc) is 3.05. The van der Waals surface area contributed by atoms with Crippen LogP contribution in [0.25, 0.3) is 11.1 Å². The number of rotatable bonds is 7. The molecule has 0 aliphatic heterocycles. The van der Waals surface area contributed by atoms with Gasteiger partial charge in [0.1, 0.15) is 0 Å². The number of fused-ring (bicyclic) bond motifs is 3. The Bertz CT molecular complexity index is 804. The fourth-order valence-electron chi connectivity index (χ4n) is 5.61. The predicted molar refractivity (Wildman–Crippen MR) is 122 cm³/mol. The Morgan fingerprint density at radius 2 is 1.46 bits per heavy atom. The molecule has 28 heavy (non-hydrogen) atoms. The summed E-state index contributed by atoms with van der Waals surface area (Å²) < 4.78 is 0. The van der Waals surface area contributed by atoms with Gasteiger partial charge in [0, 0.05) is 5.92 Å². The molecule has 146 valence electrons. The van der Waals surface area contributed by atoms with Gasteiger partial charge in [-0.2, -0.15) is 0 Å². The number of allylic oxidation sites excluding steroid dienone is 2. The van der Waals surface area contributed by atoms with Crippen LogP contribution in [-0.2, 0) is 0 Å². The molecule has 0 aromatic heterocycles. The van der Waals surface area contributed by atoms with Crippen LogP contribution in [-0.4, -0.2) is 0 Å². The van der Waals surface area contributed by atoms with Gasteiger partial charge < -0.3 is 0 Å². The van der Waals surface area contributed by atoms with Gasteiger partial charge in [-0.25, -0.2) is 0 Å². The second kappa shape index (κ2) is 8.52. The van der Waals surface area contributed by atoms with E-state index in [0.717, 1.165) is 18.8 Å². The molecule has 1 saturated carbocycles. The molecule has 2 aliphatic carbocycles. The lowest BCUT2D eigenvalue weighted by molar-refractivity contribution is 0.273. The first-order valence-electron chi connectivity index (χ1n) is 11.2. The topological polar surface area (TPSA) is 0 Å². The summed E-state index contributed by atoms with van der Waals surface area (Å²) in [5, 5.41) is 0. The third-order valence-electron chi connectivity index (χ3n) is 7.11. The lowest BCUT2D eigenvalue weighted by atomic mass is 9.74. The van der Waals surface area contributed by atoms with Crippen molar-refractivity contribution >= 4 is 0 Å². The van der Waals surface area contributed by atoms with Crippen LogP contribution in [0.1, 0.15) is 75.3 Å². The summed E-state index contributed by atoms with van der Waals surface area (Å²) in [6.45, 7) is 11.1. The lowest BCUT2D eigenvalue weighted by Crippen LogP contribution is -2.19. The molecule has 1 fully saturated rings. The largest absolute Gasteiger partial charge is 0.0998 e. The van der Waals surface area contributed by atoms with Gasteiger partial charge in [0.2, 0.25) is 0 Å². The first-order chi connectivity index (χ1) is 13.6. The minimum Gasteiger partial charge on any atom is -0.0998 e. The molecular weight excluding hydrogens is 336 g/mol. The van der Waals surface area contributed by atoms with Crippen molar-refractivity contribution < 1.29 is 0 Å². The van der Waals surface area contributed by atoms with Crippen molar-refractivity contribution in [1.82, 2.24) is 0 Å². The zero-order chi connectivity index (χ0) is 19.5. The standard InChI is InChI=1S/C28H34/c1-20(2)28(22-11-5-4-6-12-22)19-21(3)17-18-27-25-15-9-7-13-23(25)24-14-8-10-16-26(24)27/h7-10,13-16,22,27-28H,1,3-6,11-12,17-19H2,2H3. The van der Waals surface area contributed by atoms with Crippen molar-refractivity contribution in [2.45, 2.75) is 64.2 Å². The minimum absolute atomic E-state index is 0.516. The fraction of sp³-hybridized carbons (Fsp3) is 0.429. The molecule has 1 unspecified atom stereocenters. The smallest absolute Gasteiger partial charge is 0.0105 e. The molecule has 0 amide bonds. The summed E-state index contributed by atoms with van der Waals surface area (Å²) in [6, 6.07) is 17.9. The van der Waals surface area contributed by atoms with Crippen LogP contribution in [0.2, 0.25) is 0 Å². The summed E-state index contributed by atoms with van der Waals surface area (Å²) in [5.41, 5.74) is 8.64. The Morgan fingerprint density at radius 3 is 2.04 bits per heavy atom. The molecule has 2 aromatic carbocycles. The van der Waals surface area contributed by atoms with Crippen LogP contribution in [0.4, 0.5) is 0 Å². The molecule has 2 aliphatic rings. The molecule has 1 atom stereocenters. The number of hydrogen-bond donors (Lipinski definition) is 0. The van der Waals surface area contributed by atoms with E-state index in [1.54, 1.807) is 0 Å². The molecule has 0 bridgehead atoms. The highest BCUT2D eigenvalue weighted by atomic mass is 14.3. The lowest BCUT2D eigenvalue weighted by Gasteiger charge is -2.31. The zero-order valence-corrected chi connectivity index (χ0v) is 17.4. The quantitative estimate of drug-likeness (QED) is 0.430. The van der Waals surface area contributed by atoms with Crippen LogP contribution < -0.4 is 0 Å². The van der Waals surface area contributed by atoms with E-state index >= 15 is 0 Å². The highest BCUT2D eigenvalue weighted by Crippen LogP contribution is 2.47. The zero-order valence-electron chi connectivity index (χ0n) is 17.4. The number of benzene rings is 2. The van der Waals surface area contributed by atoms with E-state index in [9.17, 15) is 0 Å². The third-order valence-corrected chi connectivity index (χ3v) is 7.11. The number of hydrogen-bond acceptors (Lipinski definition) is 0. The summed E-state index contributed by atoms with van der Waals surface area (Å²) in [5.74, 6) is 1.98. The van der Waals surface area contributed by atoms with Gasteiger partial charge in [-0.1, -0.05) is 92.1 Å². The van der Waals surface area contributed by atoms with Gasteiger partial charge in [-0.05, 0) is 73.1 Å². The maximum atomic E-state index is 4.50. The van der Waals surface area contributed by atoms with Crippen molar-refractivity contribution in [3.05, 3.63) is 84.0 Å². The van der Waals surface area contributed by atoms with Crippen LogP contribution in [0.15, 0.2) is 72.8 Å². The van der Waals surface area contributed by atoms with E-state index in [4.69, 9.17) is 0 Å². The van der Waals surface area contributed by atoms with Crippen LogP contribution in [0, 0.1) is 11.8 Å². The molecule has 0 saturated heterocycles. The highest BCUT2D eigenvalue weighted by Gasteiger charge is 2.28. The van der Waals surface area contributed by atoms with E-state index in [2.05, 4.69) is 68.6 Å². The van der Waals surface area contributed by atoms with E-state index in [1.807, 2.05) is 0 Å². The summed E-state index contributed by atoms with van der Waals surface area (Å²) in [4.78, 5) is 0. The van der Waals surface area contributed by atoms with Crippen LogP contribution in [0.3, 0.4) is 0 Å². The maximum absolute atomic E-state index is 4.50. The van der Waals surface area contributed by atoms with E-state index in [0.29, 0.717) is 11.8 Å². The molecule has 0 heterocycles. The molecule has 2 aromatic rings. The van der Waals surface area contributed by atoms with E-state index in [-0.39, 0.29) is 0 Å². The van der Waals surface area contributed by atoms with Gasteiger partial charge in [0.25, 0.3) is 0 Å². The minimum atomic E-state index is 0.516. The highest BCUT2D eigenvalue weighted by molar-refractivity contribution is 5.78. The molecular formula is C28H34. The second-order valence-corrected chi connectivity index (χ2v) is 9.07. The Morgan fingerprint density at radius 1 is 0.893 bits per heavy atom. The van der Waals surface area contributed by atoms with Crippen molar-refractivity contribution in [1.29, 1.82) is 0 Å².